The van der Waals surface area contributed by atoms with Gasteiger partial charge in [0.15, 0.2) is 0 Å². The molecule has 1 aliphatic rings. The van der Waals surface area contributed by atoms with Gasteiger partial charge in [-0.3, -0.25) is 0 Å². The minimum absolute atomic E-state index is 0.0265. The van der Waals surface area contributed by atoms with Crippen LogP contribution in [0, 0.1) is 0 Å². The van der Waals surface area contributed by atoms with Gasteiger partial charge in [0.25, 0.3) is 0 Å². The van der Waals surface area contributed by atoms with Crippen LogP contribution < -0.4 is 10.1 Å². The molecule has 2 aromatic rings. The topological polar surface area (TPSA) is 21.3 Å². The van der Waals surface area contributed by atoms with E-state index in [-0.39, 0.29) is 6.04 Å². The van der Waals surface area contributed by atoms with E-state index in [2.05, 4.69) is 45.5 Å². The molecule has 0 saturated carbocycles. The van der Waals surface area contributed by atoms with Gasteiger partial charge in [-0.05, 0) is 43.1 Å². The Hall–Kier alpha value is -1.03. The highest BCUT2D eigenvalue weighted by atomic mass is 79.9. The zero-order chi connectivity index (χ0) is 14.8. The number of rotatable bonds is 3. The van der Waals surface area contributed by atoms with E-state index >= 15 is 0 Å². The number of aryl methyl sites for hydroxylation is 1. The van der Waals surface area contributed by atoms with Crippen LogP contribution in [0.25, 0.3) is 0 Å². The normalized spacial score (nSPS) is 15.2. The van der Waals surface area contributed by atoms with Gasteiger partial charge in [-0.25, -0.2) is 0 Å². The summed E-state index contributed by atoms with van der Waals surface area (Å²) in [6.45, 7) is 0.786. The first kappa shape index (κ1) is 14.9. The molecule has 1 unspecified atom stereocenters. The maximum Gasteiger partial charge on any atom is 0.127 e. The van der Waals surface area contributed by atoms with Crippen LogP contribution in [0.4, 0.5) is 0 Å². The molecule has 1 heterocycles. The summed E-state index contributed by atoms with van der Waals surface area (Å²) in [5.74, 6) is 1.02. The fourth-order valence-corrected chi connectivity index (χ4v) is 3.64. The van der Waals surface area contributed by atoms with Gasteiger partial charge in [0.05, 0.1) is 12.6 Å². The Kier molecular flexibility index (Phi) is 4.53. The standard InChI is InChI=1S/C17H17BrClNO/c1-20-16(13-8-7-12(18)10-15(13)19)14-6-2-4-11-5-3-9-21-17(11)14/h2,4,6-8,10,16,20H,3,5,9H2,1H3. The Morgan fingerprint density at radius 1 is 1.24 bits per heavy atom. The van der Waals surface area contributed by atoms with Gasteiger partial charge in [0, 0.05) is 15.1 Å². The summed E-state index contributed by atoms with van der Waals surface area (Å²) in [5.41, 5.74) is 3.50. The number of para-hydroxylation sites is 1. The van der Waals surface area contributed by atoms with Crippen molar-refractivity contribution < 1.29 is 4.74 Å². The molecule has 2 aromatic carbocycles. The number of fused-ring (bicyclic) bond motifs is 1. The predicted molar refractivity (Wildman–Crippen MR) is 90.3 cm³/mol. The van der Waals surface area contributed by atoms with Crippen molar-refractivity contribution in [3.8, 4) is 5.75 Å². The van der Waals surface area contributed by atoms with Crippen molar-refractivity contribution in [2.24, 2.45) is 0 Å². The van der Waals surface area contributed by atoms with Crippen LogP contribution in [0.5, 0.6) is 5.75 Å². The van der Waals surface area contributed by atoms with Crippen molar-refractivity contribution in [3.05, 3.63) is 62.6 Å². The lowest BCUT2D eigenvalue weighted by Gasteiger charge is -2.26. The molecule has 0 spiro atoms. The Bertz CT molecular complexity index is 659. The van der Waals surface area contributed by atoms with Crippen LogP contribution in [0.2, 0.25) is 5.02 Å². The van der Waals surface area contributed by atoms with E-state index in [4.69, 9.17) is 16.3 Å². The second kappa shape index (κ2) is 6.39. The lowest BCUT2D eigenvalue weighted by molar-refractivity contribution is 0.283. The quantitative estimate of drug-likeness (QED) is 0.847. The molecule has 0 aromatic heterocycles. The van der Waals surface area contributed by atoms with Gasteiger partial charge >= 0.3 is 0 Å². The van der Waals surface area contributed by atoms with Gasteiger partial charge in [0.2, 0.25) is 0 Å². The van der Waals surface area contributed by atoms with Crippen molar-refractivity contribution in [3.63, 3.8) is 0 Å². The summed E-state index contributed by atoms with van der Waals surface area (Å²) >= 11 is 9.88. The van der Waals surface area contributed by atoms with Crippen LogP contribution >= 0.6 is 27.5 Å². The molecule has 0 radical (unpaired) electrons. The monoisotopic (exact) mass is 365 g/mol. The summed E-state index contributed by atoms with van der Waals surface area (Å²) in [5, 5.41) is 4.11. The molecule has 4 heteroatoms. The number of nitrogens with one attached hydrogen (secondary N) is 1. The third-order valence-corrected chi connectivity index (χ3v) is 4.66. The number of hydrogen-bond donors (Lipinski definition) is 1. The van der Waals surface area contributed by atoms with Crippen molar-refractivity contribution in [1.82, 2.24) is 5.32 Å². The van der Waals surface area contributed by atoms with E-state index in [0.29, 0.717) is 0 Å². The molecule has 2 nitrogen and oxygen atoms in total. The van der Waals surface area contributed by atoms with Crippen LogP contribution in [0.1, 0.15) is 29.2 Å². The van der Waals surface area contributed by atoms with E-state index in [1.54, 1.807) is 0 Å². The molecule has 1 atom stereocenters. The highest BCUT2D eigenvalue weighted by Crippen LogP contribution is 2.38. The highest BCUT2D eigenvalue weighted by molar-refractivity contribution is 9.10. The SMILES string of the molecule is CNC(c1ccc(Br)cc1Cl)c1cccc2c1OCCC2. The van der Waals surface area contributed by atoms with Gasteiger partial charge in [-0.1, -0.05) is 51.8 Å². The van der Waals surface area contributed by atoms with E-state index in [1.165, 1.54) is 5.56 Å². The second-order valence-corrected chi connectivity index (χ2v) is 6.50. The second-order valence-electron chi connectivity index (χ2n) is 5.18. The van der Waals surface area contributed by atoms with Crippen molar-refractivity contribution >= 4 is 27.5 Å². The molecule has 0 saturated heterocycles. The summed E-state index contributed by atoms with van der Waals surface area (Å²) in [4.78, 5) is 0. The average molecular weight is 367 g/mol. The molecule has 110 valence electrons. The highest BCUT2D eigenvalue weighted by Gasteiger charge is 2.22. The Morgan fingerprint density at radius 3 is 2.86 bits per heavy atom. The van der Waals surface area contributed by atoms with E-state index in [0.717, 1.165) is 45.8 Å². The average Bonchev–Trinajstić information content (AvgIpc) is 2.50. The lowest BCUT2D eigenvalue weighted by atomic mass is 9.94. The molecule has 0 fully saturated rings. The van der Waals surface area contributed by atoms with Crippen molar-refractivity contribution in [2.45, 2.75) is 18.9 Å². The summed E-state index contributed by atoms with van der Waals surface area (Å²) in [7, 11) is 1.95. The molecule has 21 heavy (non-hydrogen) atoms. The number of halogens is 2. The van der Waals surface area contributed by atoms with Crippen LogP contribution in [0.3, 0.4) is 0 Å². The maximum atomic E-state index is 6.43. The zero-order valence-electron chi connectivity index (χ0n) is 11.8. The first-order valence-electron chi connectivity index (χ1n) is 7.07. The lowest BCUT2D eigenvalue weighted by Crippen LogP contribution is -2.21. The number of ether oxygens (including phenoxy) is 1. The predicted octanol–water partition coefficient (Wildman–Crippen LogP) is 4.74. The van der Waals surface area contributed by atoms with Gasteiger partial charge in [-0.2, -0.15) is 0 Å². The largest absolute Gasteiger partial charge is 0.493 e. The van der Waals surface area contributed by atoms with Crippen molar-refractivity contribution in [2.75, 3.05) is 13.7 Å². The fraction of sp³-hybridized carbons (Fsp3) is 0.294. The summed E-state index contributed by atoms with van der Waals surface area (Å²) < 4.78 is 6.91. The number of hydrogen-bond acceptors (Lipinski definition) is 2. The third kappa shape index (κ3) is 2.96. The summed E-state index contributed by atoms with van der Waals surface area (Å²) in [6, 6.07) is 12.4. The molecule has 0 amide bonds. The molecular formula is C17H17BrClNO. The molecule has 3 rings (SSSR count). The Balaban J connectivity index is 2.08. The number of benzene rings is 2. The molecule has 0 aliphatic carbocycles. The third-order valence-electron chi connectivity index (χ3n) is 3.84. The molecular weight excluding hydrogens is 350 g/mol. The first-order valence-corrected chi connectivity index (χ1v) is 8.24. The van der Waals surface area contributed by atoms with E-state index in [9.17, 15) is 0 Å². The van der Waals surface area contributed by atoms with Gasteiger partial charge < -0.3 is 10.1 Å². The van der Waals surface area contributed by atoms with Gasteiger partial charge in [-0.15, -0.1) is 0 Å². The zero-order valence-corrected chi connectivity index (χ0v) is 14.2. The van der Waals surface area contributed by atoms with E-state index in [1.807, 2.05) is 19.2 Å². The minimum Gasteiger partial charge on any atom is -0.493 e. The van der Waals surface area contributed by atoms with E-state index < -0.39 is 0 Å². The Morgan fingerprint density at radius 2 is 2.10 bits per heavy atom. The smallest absolute Gasteiger partial charge is 0.127 e. The van der Waals surface area contributed by atoms with Gasteiger partial charge in [0.1, 0.15) is 5.75 Å². The Labute approximate surface area is 138 Å². The maximum absolute atomic E-state index is 6.43. The van der Waals surface area contributed by atoms with Crippen LogP contribution in [0.15, 0.2) is 40.9 Å². The molecule has 1 aliphatic heterocycles. The molecule has 1 N–H and O–H groups in total. The summed E-state index contributed by atoms with van der Waals surface area (Å²) in [6.07, 6.45) is 2.16. The molecule has 0 bridgehead atoms. The van der Waals surface area contributed by atoms with Crippen LogP contribution in [-0.4, -0.2) is 13.7 Å². The fourth-order valence-electron chi connectivity index (χ4n) is 2.86. The van der Waals surface area contributed by atoms with Crippen molar-refractivity contribution in [1.29, 1.82) is 0 Å². The minimum atomic E-state index is 0.0265. The first-order chi connectivity index (χ1) is 10.2. The van der Waals surface area contributed by atoms with Crippen LogP contribution in [-0.2, 0) is 6.42 Å².